The molecule has 0 unspecified atom stereocenters. The van der Waals surface area contributed by atoms with Crippen molar-refractivity contribution in [3.8, 4) is 0 Å². The van der Waals surface area contributed by atoms with Crippen LogP contribution in [0, 0.1) is 0 Å². The number of carbonyl (C=O) groups excluding carboxylic acids is 1. The van der Waals surface area contributed by atoms with Gasteiger partial charge >= 0.3 is 0 Å². The summed E-state index contributed by atoms with van der Waals surface area (Å²) in [6.45, 7) is 4.49. The molecule has 0 atom stereocenters. The van der Waals surface area contributed by atoms with Gasteiger partial charge in [0.15, 0.2) is 0 Å². The van der Waals surface area contributed by atoms with E-state index in [2.05, 4.69) is 4.90 Å². The standard InChI is InChI=1S/C13H16ClNO2.ClH/c14-13(16)12-4-2-1-3-11(12)5-6-15-7-9-17-10-8-15;/h1-4H,5-10H2;1H. The van der Waals surface area contributed by atoms with Gasteiger partial charge in [-0.25, -0.2) is 0 Å². The van der Waals surface area contributed by atoms with Crippen LogP contribution in [0.5, 0.6) is 0 Å². The van der Waals surface area contributed by atoms with Gasteiger partial charge in [0, 0.05) is 25.2 Å². The Morgan fingerprint density at radius 2 is 1.94 bits per heavy atom. The fraction of sp³-hybridized carbons (Fsp3) is 0.462. The zero-order valence-electron chi connectivity index (χ0n) is 10.1. The quantitative estimate of drug-likeness (QED) is 0.797. The van der Waals surface area contributed by atoms with E-state index in [-0.39, 0.29) is 17.6 Å². The molecule has 1 saturated heterocycles. The largest absolute Gasteiger partial charge is 0.379 e. The highest BCUT2D eigenvalue weighted by atomic mass is 35.5. The van der Waals surface area contributed by atoms with Crippen molar-refractivity contribution in [1.29, 1.82) is 0 Å². The van der Waals surface area contributed by atoms with E-state index in [0.717, 1.165) is 44.8 Å². The topological polar surface area (TPSA) is 29.5 Å². The zero-order chi connectivity index (χ0) is 12.1. The Bertz CT molecular complexity index is 392. The summed E-state index contributed by atoms with van der Waals surface area (Å²) in [6, 6.07) is 7.53. The number of nitrogens with zero attached hydrogens (tertiary/aromatic N) is 1. The van der Waals surface area contributed by atoms with Gasteiger partial charge in [0.2, 0.25) is 0 Å². The number of hydrogen-bond donors (Lipinski definition) is 0. The summed E-state index contributed by atoms with van der Waals surface area (Å²) in [5, 5.41) is -0.373. The maximum absolute atomic E-state index is 11.2. The molecular weight excluding hydrogens is 273 g/mol. The van der Waals surface area contributed by atoms with Crippen LogP contribution in [0.2, 0.25) is 0 Å². The molecule has 0 amide bonds. The smallest absolute Gasteiger partial charge is 0.252 e. The van der Waals surface area contributed by atoms with Gasteiger partial charge in [-0.3, -0.25) is 9.69 Å². The van der Waals surface area contributed by atoms with E-state index in [1.54, 1.807) is 6.07 Å². The molecule has 0 N–H and O–H groups in total. The Morgan fingerprint density at radius 3 is 2.61 bits per heavy atom. The van der Waals surface area contributed by atoms with Crippen LogP contribution >= 0.6 is 24.0 Å². The molecule has 1 aliphatic rings. The van der Waals surface area contributed by atoms with Crippen molar-refractivity contribution in [2.75, 3.05) is 32.8 Å². The summed E-state index contributed by atoms with van der Waals surface area (Å²) in [6.07, 6.45) is 0.856. The van der Waals surface area contributed by atoms with Gasteiger partial charge in [-0.1, -0.05) is 18.2 Å². The van der Waals surface area contributed by atoms with Crippen molar-refractivity contribution >= 4 is 29.3 Å². The van der Waals surface area contributed by atoms with Crippen molar-refractivity contribution in [1.82, 2.24) is 4.90 Å². The molecule has 1 aromatic carbocycles. The molecule has 18 heavy (non-hydrogen) atoms. The van der Waals surface area contributed by atoms with Crippen molar-refractivity contribution < 1.29 is 9.53 Å². The highest BCUT2D eigenvalue weighted by Crippen LogP contribution is 2.13. The molecular formula is C13H17Cl2NO2. The first-order chi connectivity index (χ1) is 8.27. The first-order valence-electron chi connectivity index (χ1n) is 5.85. The van der Waals surface area contributed by atoms with Crippen molar-refractivity contribution in [2.45, 2.75) is 6.42 Å². The molecule has 1 aromatic rings. The lowest BCUT2D eigenvalue weighted by Crippen LogP contribution is -2.37. The first kappa shape index (κ1) is 15.4. The summed E-state index contributed by atoms with van der Waals surface area (Å²) >= 11 is 5.56. The van der Waals surface area contributed by atoms with E-state index in [0.29, 0.717) is 5.56 Å². The third-order valence-electron chi connectivity index (χ3n) is 3.03. The number of rotatable bonds is 4. The van der Waals surface area contributed by atoms with E-state index < -0.39 is 0 Å². The van der Waals surface area contributed by atoms with Crippen molar-refractivity contribution in [3.05, 3.63) is 35.4 Å². The lowest BCUT2D eigenvalue weighted by molar-refractivity contribution is 0.0384. The summed E-state index contributed by atoms with van der Waals surface area (Å²) in [4.78, 5) is 13.6. The van der Waals surface area contributed by atoms with Gasteiger partial charge < -0.3 is 4.74 Å². The Morgan fingerprint density at radius 1 is 1.28 bits per heavy atom. The second-order valence-corrected chi connectivity index (χ2v) is 4.48. The fourth-order valence-electron chi connectivity index (χ4n) is 2.03. The van der Waals surface area contributed by atoms with E-state index in [4.69, 9.17) is 16.3 Å². The Balaban J connectivity index is 0.00000162. The minimum atomic E-state index is -0.373. The molecule has 0 bridgehead atoms. The summed E-state index contributed by atoms with van der Waals surface area (Å²) in [7, 11) is 0. The van der Waals surface area contributed by atoms with E-state index in [1.165, 1.54) is 0 Å². The van der Waals surface area contributed by atoms with Gasteiger partial charge in [0.1, 0.15) is 0 Å². The van der Waals surface area contributed by atoms with Gasteiger partial charge in [0.05, 0.1) is 13.2 Å². The maximum Gasteiger partial charge on any atom is 0.252 e. The monoisotopic (exact) mass is 289 g/mol. The third kappa shape index (κ3) is 4.25. The van der Waals surface area contributed by atoms with Gasteiger partial charge in [0.25, 0.3) is 5.24 Å². The molecule has 0 aliphatic carbocycles. The molecule has 0 radical (unpaired) electrons. The molecule has 1 fully saturated rings. The highest BCUT2D eigenvalue weighted by Gasteiger charge is 2.12. The van der Waals surface area contributed by atoms with Gasteiger partial charge in [-0.2, -0.15) is 0 Å². The van der Waals surface area contributed by atoms with E-state index >= 15 is 0 Å². The Labute approximate surface area is 118 Å². The molecule has 0 saturated carbocycles. The summed E-state index contributed by atoms with van der Waals surface area (Å²) in [5.41, 5.74) is 1.65. The van der Waals surface area contributed by atoms with Crippen LogP contribution in [0.25, 0.3) is 0 Å². The van der Waals surface area contributed by atoms with Crippen LogP contribution in [0.3, 0.4) is 0 Å². The number of carbonyl (C=O) groups is 1. The Hall–Kier alpha value is -0.610. The van der Waals surface area contributed by atoms with Gasteiger partial charge in [-0.15, -0.1) is 12.4 Å². The average molecular weight is 290 g/mol. The number of halogens is 2. The normalized spacial score (nSPS) is 16.1. The molecule has 0 spiro atoms. The van der Waals surface area contributed by atoms with Crippen LogP contribution in [-0.2, 0) is 11.2 Å². The molecule has 3 nitrogen and oxygen atoms in total. The Kier molecular flexibility index (Phi) is 6.65. The van der Waals surface area contributed by atoms with Crippen LogP contribution in [0.1, 0.15) is 15.9 Å². The number of hydrogen-bond acceptors (Lipinski definition) is 3. The van der Waals surface area contributed by atoms with Crippen LogP contribution < -0.4 is 0 Å². The maximum atomic E-state index is 11.2. The minimum Gasteiger partial charge on any atom is -0.379 e. The highest BCUT2D eigenvalue weighted by molar-refractivity contribution is 6.67. The first-order valence-corrected chi connectivity index (χ1v) is 6.23. The van der Waals surface area contributed by atoms with Crippen molar-refractivity contribution in [2.24, 2.45) is 0 Å². The number of morpholine rings is 1. The number of ether oxygens (including phenoxy) is 1. The second kappa shape index (κ2) is 7.74. The lowest BCUT2D eigenvalue weighted by Gasteiger charge is -2.26. The van der Waals surface area contributed by atoms with Crippen LogP contribution in [-0.4, -0.2) is 43.0 Å². The summed E-state index contributed by atoms with van der Waals surface area (Å²) in [5.74, 6) is 0. The van der Waals surface area contributed by atoms with Crippen molar-refractivity contribution in [3.63, 3.8) is 0 Å². The fourth-order valence-corrected chi connectivity index (χ4v) is 2.22. The SMILES string of the molecule is Cl.O=C(Cl)c1ccccc1CCN1CCOCC1. The van der Waals surface area contributed by atoms with E-state index in [9.17, 15) is 4.79 Å². The predicted octanol–water partition coefficient (Wildman–Crippen LogP) is 2.36. The molecule has 5 heteroatoms. The van der Waals surface area contributed by atoms with E-state index in [1.807, 2.05) is 18.2 Å². The molecule has 0 aromatic heterocycles. The predicted molar refractivity (Wildman–Crippen MR) is 74.8 cm³/mol. The molecule has 1 aliphatic heterocycles. The zero-order valence-corrected chi connectivity index (χ0v) is 11.7. The van der Waals surface area contributed by atoms with Crippen LogP contribution in [0.4, 0.5) is 0 Å². The summed E-state index contributed by atoms with van der Waals surface area (Å²) < 4.78 is 5.30. The van der Waals surface area contributed by atoms with Crippen LogP contribution in [0.15, 0.2) is 24.3 Å². The second-order valence-electron chi connectivity index (χ2n) is 4.13. The lowest BCUT2D eigenvalue weighted by atomic mass is 10.1. The third-order valence-corrected chi connectivity index (χ3v) is 3.23. The molecule has 2 rings (SSSR count). The average Bonchev–Trinajstić information content (AvgIpc) is 2.38. The van der Waals surface area contributed by atoms with Gasteiger partial charge in [-0.05, 0) is 29.7 Å². The number of benzene rings is 1. The molecule has 100 valence electrons. The molecule has 1 heterocycles. The minimum absolute atomic E-state index is 0.